The van der Waals surface area contributed by atoms with E-state index in [4.69, 9.17) is 16.3 Å². The molecule has 0 bridgehead atoms. The Kier molecular flexibility index (Phi) is 2.88. The van der Waals surface area contributed by atoms with Crippen LogP contribution in [0, 0.1) is 10.1 Å². The summed E-state index contributed by atoms with van der Waals surface area (Å²) in [6.45, 7) is 0. The van der Waals surface area contributed by atoms with E-state index < -0.39 is 10.4 Å². The fraction of sp³-hybridized carbons (Fsp3) is 0. The summed E-state index contributed by atoms with van der Waals surface area (Å²) in [5.41, 5.74) is -1.02. The molecule has 86 valence electrons. The van der Waals surface area contributed by atoms with Gasteiger partial charge in [-0.2, -0.15) is 0 Å². The van der Waals surface area contributed by atoms with Crippen LogP contribution in [0.5, 0.6) is 5.75 Å². The summed E-state index contributed by atoms with van der Waals surface area (Å²) >= 11 is 5.10. The van der Waals surface area contributed by atoms with Crippen LogP contribution < -0.4 is 4.74 Å². The highest BCUT2D eigenvalue weighted by molar-refractivity contribution is 6.61. The number of halogens is 1. The molecule has 2 rings (SSSR count). The predicted molar refractivity (Wildman–Crippen MR) is 60.3 cm³/mol. The molecule has 0 fully saturated rings. The SMILES string of the molecule is O=C(Cl)Oc1ccc([N+](=O)[O-])c2ncccc12. The van der Waals surface area contributed by atoms with E-state index in [0.29, 0.717) is 5.39 Å². The Bertz CT molecular complexity index is 614. The Balaban J connectivity index is 2.70. The van der Waals surface area contributed by atoms with Crippen LogP contribution in [0.15, 0.2) is 30.5 Å². The first-order chi connectivity index (χ1) is 8.09. The molecular weight excluding hydrogens is 248 g/mol. The molecule has 6 nitrogen and oxygen atoms in total. The topological polar surface area (TPSA) is 82.3 Å². The monoisotopic (exact) mass is 252 g/mol. The Morgan fingerprint density at radius 2 is 2.18 bits per heavy atom. The number of aromatic nitrogens is 1. The van der Waals surface area contributed by atoms with E-state index >= 15 is 0 Å². The lowest BCUT2D eigenvalue weighted by Crippen LogP contribution is -1.99. The van der Waals surface area contributed by atoms with Gasteiger partial charge in [-0.25, -0.2) is 9.78 Å². The average Bonchev–Trinajstić information content (AvgIpc) is 2.28. The first kappa shape index (κ1) is 11.3. The van der Waals surface area contributed by atoms with E-state index in [1.54, 1.807) is 12.1 Å². The molecule has 0 spiro atoms. The number of rotatable bonds is 2. The highest BCUT2D eigenvalue weighted by Crippen LogP contribution is 2.31. The number of non-ortho nitro benzene ring substituents is 1. The van der Waals surface area contributed by atoms with Gasteiger partial charge in [-0.15, -0.1) is 0 Å². The van der Waals surface area contributed by atoms with Crippen molar-refractivity contribution >= 4 is 33.6 Å². The van der Waals surface area contributed by atoms with Gasteiger partial charge in [0.15, 0.2) is 5.52 Å². The largest absolute Gasteiger partial charge is 0.414 e. The summed E-state index contributed by atoms with van der Waals surface area (Å²) in [5, 5.41) is 11.1. The minimum Gasteiger partial charge on any atom is -0.414 e. The van der Waals surface area contributed by atoms with Crippen molar-refractivity contribution in [3.05, 3.63) is 40.6 Å². The van der Waals surface area contributed by atoms with Crippen molar-refractivity contribution in [2.24, 2.45) is 0 Å². The van der Waals surface area contributed by atoms with Crippen molar-refractivity contribution < 1.29 is 14.5 Å². The predicted octanol–water partition coefficient (Wildman–Crippen LogP) is 2.88. The van der Waals surface area contributed by atoms with Crippen molar-refractivity contribution in [1.82, 2.24) is 4.98 Å². The number of carbonyl (C=O) groups excluding carboxylic acids is 1. The molecule has 7 heteroatoms. The van der Waals surface area contributed by atoms with Crippen LogP contribution in [-0.4, -0.2) is 15.3 Å². The van der Waals surface area contributed by atoms with Crippen LogP contribution in [0.3, 0.4) is 0 Å². The third kappa shape index (κ3) is 2.16. The van der Waals surface area contributed by atoms with Crippen molar-refractivity contribution in [2.75, 3.05) is 0 Å². The lowest BCUT2D eigenvalue weighted by atomic mass is 10.2. The zero-order valence-corrected chi connectivity index (χ0v) is 9.05. The number of nitro groups is 1. The summed E-state index contributed by atoms with van der Waals surface area (Å²) in [7, 11) is 0. The van der Waals surface area contributed by atoms with Gasteiger partial charge in [0, 0.05) is 23.9 Å². The summed E-state index contributed by atoms with van der Waals surface area (Å²) < 4.78 is 4.73. The first-order valence-electron chi connectivity index (χ1n) is 4.49. The van der Waals surface area contributed by atoms with E-state index in [9.17, 15) is 14.9 Å². The molecule has 0 aliphatic carbocycles. The Hall–Kier alpha value is -2.21. The molecule has 0 radical (unpaired) electrons. The number of pyridine rings is 1. The fourth-order valence-electron chi connectivity index (χ4n) is 1.45. The molecule has 0 saturated heterocycles. The molecule has 0 amide bonds. The summed E-state index contributed by atoms with van der Waals surface area (Å²) in [4.78, 5) is 24.8. The minimum atomic E-state index is -1.01. The second-order valence-electron chi connectivity index (χ2n) is 3.08. The van der Waals surface area contributed by atoms with Crippen LogP contribution in [0.2, 0.25) is 0 Å². The molecule has 1 aromatic heterocycles. The standard InChI is InChI=1S/C10H5ClN2O4/c11-10(14)17-8-4-3-7(13(15)16)9-6(8)2-1-5-12-9/h1-5H. The van der Waals surface area contributed by atoms with Crippen LogP contribution >= 0.6 is 11.6 Å². The number of hydrogen-bond donors (Lipinski definition) is 0. The number of hydrogen-bond acceptors (Lipinski definition) is 5. The van der Waals surface area contributed by atoms with Crippen LogP contribution in [0.25, 0.3) is 10.9 Å². The van der Waals surface area contributed by atoms with Crippen molar-refractivity contribution in [3.8, 4) is 5.75 Å². The zero-order valence-electron chi connectivity index (χ0n) is 8.29. The molecule has 0 aliphatic rings. The number of nitrogens with zero attached hydrogens (tertiary/aromatic N) is 2. The van der Waals surface area contributed by atoms with Gasteiger partial charge in [0.2, 0.25) is 0 Å². The lowest BCUT2D eigenvalue weighted by molar-refractivity contribution is -0.383. The number of ether oxygens (including phenoxy) is 1. The van der Waals surface area contributed by atoms with Crippen LogP contribution in [0.4, 0.5) is 10.5 Å². The van der Waals surface area contributed by atoms with Crippen molar-refractivity contribution in [3.63, 3.8) is 0 Å². The van der Waals surface area contributed by atoms with Gasteiger partial charge in [-0.1, -0.05) is 0 Å². The molecule has 1 heterocycles. The summed E-state index contributed by atoms with van der Waals surface area (Å²) in [6, 6.07) is 5.66. The Morgan fingerprint density at radius 3 is 2.82 bits per heavy atom. The smallest absolute Gasteiger partial charge is 0.409 e. The van der Waals surface area contributed by atoms with Crippen molar-refractivity contribution in [2.45, 2.75) is 0 Å². The highest BCUT2D eigenvalue weighted by atomic mass is 35.5. The van der Waals surface area contributed by atoms with Gasteiger partial charge >= 0.3 is 5.43 Å². The van der Waals surface area contributed by atoms with Crippen LogP contribution in [-0.2, 0) is 0 Å². The quantitative estimate of drug-likeness (QED) is 0.466. The molecule has 0 unspecified atom stereocenters. The number of fused-ring (bicyclic) bond motifs is 1. The van der Waals surface area contributed by atoms with E-state index in [2.05, 4.69) is 4.98 Å². The van der Waals surface area contributed by atoms with E-state index in [1.807, 2.05) is 0 Å². The molecule has 0 atom stereocenters. The maximum Gasteiger partial charge on any atom is 0.409 e. The third-order valence-corrected chi connectivity index (χ3v) is 2.17. The van der Waals surface area contributed by atoms with E-state index in [-0.39, 0.29) is 17.0 Å². The number of nitro benzene ring substituents is 1. The lowest BCUT2D eigenvalue weighted by Gasteiger charge is -2.04. The molecule has 0 aliphatic heterocycles. The maximum absolute atomic E-state index is 10.8. The zero-order chi connectivity index (χ0) is 12.4. The molecule has 1 aromatic carbocycles. The fourth-order valence-corrected chi connectivity index (χ4v) is 1.54. The minimum absolute atomic E-state index is 0.138. The molecule has 17 heavy (non-hydrogen) atoms. The highest BCUT2D eigenvalue weighted by Gasteiger charge is 2.16. The van der Waals surface area contributed by atoms with Gasteiger partial charge < -0.3 is 4.74 Å². The molecule has 0 saturated carbocycles. The van der Waals surface area contributed by atoms with Crippen molar-refractivity contribution in [1.29, 1.82) is 0 Å². The van der Waals surface area contributed by atoms with Gasteiger partial charge in [0.05, 0.1) is 10.3 Å². The number of benzene rings is 1. The van der Waals surface area contributed by atoms with E-state index in [0.717, 1.165) is 0 Å². The second-order valence-corrected chi connectivity index (χ2v) is 3.39. The Labute approximate surface area is 99.9 Å². The maximum atomic E-state index is 10.8. The summed E-state index contributed by atoms with van der Waals surface area (Å²) in [6.07, 6.45) is 1.42. The van der Waals surface area contributed by atoms with Gasteiger partial charge in [0.1, 0.15) is 5.75 Å². The Morgan fingerprint density at radius 1 is 1.41 bits per heavy atom. The van der Waals surface area contributed by atoms with E-state index in [1.165, 1.54) is 18.3 Å². The summed E-state index contributed by atoms with van der Waals surface area (Å²) in [5.74, 6) is 0.138. The molecular formula is C10H5ClN2O4. The van der Waals surface area contributed by atoms with Gasteiger partial charge in [-0.3, -0.25) is 10.1 Å². The first-order valence-corrected chi connectivity index (χ1v) is 4.87. The number of carbonyl (C=O) groups is 1. The van der Waals surface area contributed by atoms with Gasteiger partial charge in [-0.05, 0) is 18.2 Å². The normalized spacial score (nSPS) is 10.2. The second kappa shape index (κ2) is 4.34. The molecule has 2 aromatic rings. The third-order valence-electron chi connectivity index (χ3n) is 2.10. The molecule has 0 N–H and O–H groups in total. The average molecular weight is 253 g/mol. The van der Waals surface area contributed by atoms with Gasteiger partial charge in [0.25, 0.3) is 5.69 Å². The van der Waals surface area contributed by atoms with Crippen LogP contribution in [0.1, 0.15) is 0 Å².